The topological polar surface area (TPSA) is 37.3 Å². The number of carboxylic acid groups (broad SMARTS) is 1. The van der Waals surface area contributed by atoms with Gasteiger partial charge in [0.1, 0.15) is 0 Å². The minimum Gasteiger partial charge on any atom is -0.481 e. The molecule has 0 spiro atoms. The molecule has 0 radical (unpaired) electrons. The minimum atomic E-state index is -0.661. The van der Waals surface area contributed by atoms with Crippen LogP contribution >= 0.6 is 0 Å². The molecule has 0 aromatic rings. The molecule has 3 heteroatoms. The van der Waals surface area contributed by atoms with Gasteiger partial charge in [0, 0.05) is 19.5 Å². The summed E-state index contributed by atoms with van der Waals surface area (Å²) >= 11 is 0. The van der Waals surface area contributed by atoms with Gasteiger partial charge >= 0.3 is 5.97 Å². The van der Waals surface area contributed by atoms with Crippen molar-refractivity contribution in [1.82, 2.24) is 0 Å². The average Bonchev–Trinajstić information content (AvgIpc) is 1.99. The van der Waals surface area contributed by atoms with Crippen LogP contribution in [0.3, 0.4) is 0 Å². The van der Waals surface area contributed by atoms with Crippen LogP contribution in [0.25, 0.3) is 0 Å². The number of carboxylic acids is 1. The molecule has 0 fully saturated rings. The summed E-state index contributed by atoms with van der Waals surface area (Å²) in [4.78, 5) is 10.9. The first-order valence-corrected chi connectivity index (χ1v) is 4.65. The number of aliphatic carboxylic acids is 1. The van der Waals surface area contributed by atoms with Crippen LogP contribution < -0.4 is 0 Å². The smallest absolute Gasteiger partial charge is 0.309 e. The molecule has 13 heavy (non-hydrogen) atoms. The van der Waals surface area contributed by atoms with Gasteiger partial charge in [0.2, 0.25) is 0 Å². The summed E-state index contributed by atoms with van der Waals surface area (Å²) in [5.41, 5.74) is -0.510. The summed E-state index contributed by atoms with van der Waals surface area (Å²) in [5, 5.41) is 8.95. The van der Waals surface area contributed by atoms with Gasteiger partial charge in [-0.2, -0.15) is 0 Å². The average molecular weight is 238 g/mol. The van der Waals surface area contributed by atoms with Gasteiger partial charge in [0.15, 0.2) is 0 Å². The fourth-order valence-corrected chi connectivity index (χ4v) is 1.04. The summed E-state index contributed by atoms with van der Waals surface area (Å²) in [6, 6.07) is 0. The van der Waals surface area contributed by atoms with E-state index in [-0.39, 0.29) is 19.5 Å². The quantitative estimate of drug-likeness (QED) is 0.747. The maximum atomic E-state index is 10.9. The molecular weight excluding hydrogens is 217 g/mol. The van der Waals surface area contributed by atoms with Crippen LogP contribution in [0.4, 0.5) is 0 Å². The molecule has 0 aliphatic carbocycles. The third-order valence-corrected chi connectivity index (χ3v) is 2.57. The molecule has 0 heterocycles. The van der Waals surface area contributed by atoms with Crippen molar-refractivity contribution in [2.45, 2.75) is 47.0 Å². The van der Waals surface area contributed by atoms with Crippen LogP contribution in [0, 0.1) is 11.3 Å². The van der Waals surface area contributed by atoms with Gasteiger partial charge in [-0.3, -0.25) is 4.79 Å². The van der Waals surface area contributed by atoms with Crippen molar-refractivity contribution in [3.63, 3.8) is 0 Å². The van der Waals surface area contributed by atoms with Crippen LogP contribution in [0.1, 0.15) is 47.0 Å². The maximum Gasteiger partial charge on any atom is 0.309 e. The summed E-state index contributed by atoms with van der Waals surface area (Å²) in [7, 11) is 0. The number of carbonyl (C=O) groups is 1. The second-order valence-electron chi connectivity index (χ2n) is 4.15. The van der Waals surface area contributed by atoms with Crippen LogP contribution in [0.2, 0.25) is 0 Å². The Morgan fingerprint density at radius 2 is 1.92 bits per heavy atom. The van der Waals surface area contributed by atoms with Crippen molar-refractivity contribution < 1.29 is 29.4 Å². The summed E-state index contributed by atoms with van der Waals surface area (Å²) in [6.45, 7) is 8.02. The predicted octanol–water partition coefficient (Wildman–Crippen LogP) is 2.92. The van der Waals surface area contributed by atoms with Gasteiger partial charge in [0.25, 0.3) is 0 Å². The molecule has 0 aliphatic heterocycles. The van der Waals surface area contributed by atoms with Gasteiger partial charge in [-0.25, -0.2) is 0 Å². The zero-order chi connectivity index (χ0) is 9.78. The molecule has 0 aliphatic rings. The van der Waals surface area contributed by atoms with E-state index < -0.39 is 11.4 Å². The summed E-state index contributed by atoms with van der Waals surface area (Å²) < 4.78 is 0. The molecule has 0 saturated carbocycles. The van der Waals surface area contributed by atoms with Crippen LogP contribution in [0.15, 0.2) is 0 Å². The number of hydrogen-bond acceptors (Lipinski definition) is 1. The molecule has 0 aromatic heterocycles. The van der Waals surface area contributed by atoms with E-state index in [9.17, 15) is 4.79 Å². The normalized spacial score (nSPS) is 14.8. The van der Waals surface area contributed by atoms with E-state index >= 15 is 0 Å². The third-order valence-electron chi connectivity index (χ3n) is 2.57. The Bertz CT molecular complexity index is 157. The fourth-order valence-electron chi connectivity index (χ4n) is 1.04. The first kappa shape index (κ1) is 15.6. The SMILES string of the molecule is CCC(C)(CCC(C)C)C(=O)O.[Zn]. The predicted molar refractivity (Wildman–Crippen MR) is 50.1 cm³/mol. The van der Waals surface area contributed by atoms with Crippen LogP contribution in [0.5, 0.6) is 0 Å². The van der Waals surface area contributed by atoms with E-state index in [0.717, 1.165) is 19.3 Å². The van der Waals surface area contributed by atoms with E-state index in [4.69, 9.17) is 5.11 Å². The van der Waals surface area contributed by atoms with E-state index in [1.54, 1.807) is 0 Å². The monoisotopic (exact) mass is 236 g/mol. The first-order valence-electron chi connectivity index (χ1n) is 4.65. The van der Waals surface area contributed by atoms with Crippen LogP contribution in [-0.4, -0.2) is 11.1 Å². The molecule has 0 aromatic carbocycles. The van der Waals surface area contributed by atoms with Crippen molar-refractivity contribution in [2.75, 3.05) is 0 Å². The van der Waals surface area contributed by atoms with Crippen molar-refractivity contribution >= 4 is 5.97 Å². The van der Waals surface area contributed by atoms with E-state index in [2.05, 4.69) is 13.8 Å². The van der Waals surface area contributed by atoms with Gasteiger partial charge < -0.3 is 5.11 Å². The molecular formula is C10H20O2Zn. The molecule has 2 nitrogen and oxygen atoms in total. The van der Waals surface area contributed by atoms with E-state index in [1.807, 2.05) is 13.8 Å². The Labute approximate surface area is 93.9 Å². The molecule has 1 unspecified atom stereocenters. The minimum absolute atomic E-state index is 0. The molecule has 0 bridgehead atoms. The number of rotatable bonds is 5. The van der Waals surface area contributed by atoms with Gasteiger partial charge in [0.05, 0.1) is 5.41 Å². The van der Waals surface area contributed by atoms with Crippen molar-refractivity contribution in [1.29, 1.82) is 0 Å². The fraction of sp³-hybridized carbons (Fsp3) is 0.900. The molecule has 0 amide bonds. The van der Waals surface area contributed by atoms with Crippen LogP contribution in [-0.2, 0) is 24.3 Å². The zero-order valence-electron chi connectivity index (χ0n) is 9.26. The Morgan fingerprint density at radius 3 is 2.15 bits per heavy atom. The van der Waals surface area contributed by atoms with E-state index in [0.29, 0.717) is 5.92 Å². The Balaban J connectivity index is 0. The summed E-state index contributed by atoms with van der Waals surface area (Å²) in [6.07, 6.45) is 2.50. The maximum absolute atomic E-state index is 10.9. The van der Waals surface area contributed by atoms with Crippen molar-refractivity contribution in [3.05, 3.63) is 0 Å². The molecule has 1 atom stereocenters. The van der Waals surface area contributed by atoms with Gasteiger partial charge in [-0.15, -0.1) is 0 Å². The molecule has 74 valence electrons. The molecule has 1 N–H and O–H groups in total. The van der Waals surface area contributed by atoms with Gasteiger partial charge in [-0.1, -0.05) is 20.8 Å². The summed E-state index contributed by atoms with van der Waals surface area (Å²) in [5.74, 6) is -0.0686. The second-order valence-corrected chi connectivity index (χ2v) is 4.15. The molecule has 0 saturated heterocycles. The standard InChI is InChI=1S/C10H20O2.Zn/c1-5-10(4,9(11)12)7-6-8(2)3;/h8H,5-7H2,1-4H3,(H,11,12);. The van der Waals surface area contributed by atoms with Gasteiger partial charge in [-0.05, 0) is 32.1 Å². The second kappa shape index (κ2) is 6.53. The number of hydrogen-bond donors (Lipinski definition) is 1. The molecule has 0 rings (SSSR count). The Morgan fingerprint density at radius 1 is 1.46 bits per heavy atom. The first-order chi connectivity index (χ1) is 5.42. The van der Waals surface area contributed by atoms with Crippen molar-refractivity contribution in [3.8, 4) is 0 Å². The zero-order valence-corrected chi connectivity index (χ0v) is 12.2. The Hall–Kier alpha value is 0.0934. The Kier molecular flexibility index (Phi) is 7.82. The third kappa shape index (κ3) is 5.41. The largest absolute Gasteiger partial charge is 0.481 e. The van der Waals surface area contributed by atoms with Crippen molar-refractivity contribution in [2.24, 2.45) is 11.3 Å². The van der Waals surface area contributed by atoms with E-state index in [1.165, 1.54) is 0 Å².